The van der Waals surface area contributed by atoms with Crippen molar-refractivity contribution in [1.29, 1.82) is 0 Å². The molecule has 0 radical (unpaired) electrons. The van der Waals surface area contributed by atoms with Crippen molar-refractivity contribution in [3.05, 3.63) is 47.8 Å². The van der Waals surface area contributed by atoms with Gasteiger partial charge in [0.05, 0.1) is 5.69 Å². The number of nitrogens with one attached hydrogen (secondary N) is 1. The Labute approximate surface area is 143 Å². The summed E-state index contributed by atoms with van der Waals surface area (Å²) in [6.45, 7) is 3.81. The van der Waals surface area contributed by atoms with E-state index in [-0.39, 0.29) is 24.9 Å². The quantitative estimate of drug-likeness (QED) is 0.878. The molecule has 1 aromatic heterocycles. The molecule has 0 atom stereocenters. The summed E-state index contributed by atoms with van der Waals surface area (Å²) in [5.74, 6) is -0.353. The van der Waals surface area contributed by atoms with Gasteiger partial charge in [-0.3, -0.25) is 4.79 Å². The number of hydrogen-bond acceptors (Lipinski definition) is 3. The highest BCUT2D eigenvalue weighted by molar-refractivity contribution is 5.94. The van der Waals surface area contributed by atoms with Gasteiger partial charge in [-0.2, -0.15) is 18.3 Å². The highest BCUT2D eigenvalue weighted by atomic mass is 35.5. The molecule has 5 nitrogen and oxygen atoms in total. The summed E-state index contributed by atoms with van der Waals surface area (Å²) < 4.78 is 38.8. The number of benzene rings is 1. The lowest BCUT2D eigenvalue weighted by Crippen LogP contribution is -2.45. The lowest BCUT2D eigenvalue weighted by molar-refractivity contribution is -0.141. The first-order valence-corrected chi connectivity index (χ1v) is 6.87. The Bertz CT molecular complexity index is 707. The summed E-state index contributed by atoms with van der Waals surface area (Å²) in [5, 5.41) is 6.15. The average Bonchev–Trinajstić information content (AvgIpc) is 2.94. The Balaban J connectivity index is 0.00000288. The van der Waals surface area contributed by atoms with Gasteiger partial charge in [-0.1, -0.05) is 6.07 Å². The highest BCUT2D eigenvalue weighted by Gasteiger charge is 2.33. The maximum Gasteiger partial charge on any atom is 0.435 e. The minimum atomic E-state index is -4.51. The molecule has 0 aliphatic heterocycles. The standard InChI is InChI=1S/C15H17F3N4O.ClH/c1-14(2,19)9-20-13(23)10-4-3-5-11(8-10)22-7-6-12(21-22)15(16,17)18;/h3-8H,9,19H2,1-2H3,(H,20,23);1H. The SMILES string of the molecule is CC(C)(N)CNC(=O)c1cccc(-n2ccc(C(F)(F)F)n2)c1.Cl. The number of nitrogens with zero attached hydrogens (tertiary/aromatic N) is 2. The van der Waals surface area contributed by atoms with Crippen molar-refractivity contribution in [1.82, 2.24) is 15.1 Å². The van der Waals surface area contributed by atoms with E-state index in [4.69, 9.17) is 5.73 Å². The molecule has 0 aliphatic rings. The summed E-state index contributed by atoms with van der Waals surface area (Å²) in [5.41, 5.74) is 4.92. The van der Waals surface area contributed by atoms with E-state index < -0.39 is 17.4 Å². The second kappa shape index (κ2) is 7.23. The Morgan fingerprint density at radius 3 is 2.50 bits per heavy atom. The molecule has 0 saturated heterocycles. The molecule has 0 unspecified atom stereocenters. The van der Waals surface area contributed by atoms with Crippen LogP contribution in [0.3, 0.4) is 0 Å². The number of carbonyl (C=O) groups is 1. The van der Waals surface area contributed by atoms with Crippen LogP contribution in [0.15, 0.2) is 36.5 Å². The molecule has 1 aromatic carbocycles. The van der Waals surface area contributed by atoms with Crippen molar-refractivity contribution in [3.8, 4) is 5.69 Å². The Morgan fingerprint density at radius 2 is 1.96 bits per heavy atom. The van der Waals surface area contributed by atoms with Crippen LogP contribution in [0.25, 0.3) is 5.69 Å². The number of halogens is 4. The summed E-state index contributed by atoms with van der Waals surface area (Å²) in [4.78, 5) is 12.1. The monoisotopic (exact) mass is 362 g/mol. The van der Waals surface area contributed by atoms with Gasteiger partial charge < -0.3 is 11.1 Å². The maximum absolute atomic E-state index is 12.6. The predicted octanol–water partition coefficient (Wildman–Crippen LogP) is 2.78. The molecule has 0 aliphatic carbocycles. The van der Waals surface area contributed by atoms with Crippen molar-refractivity contribution in [3.63, 3.8) is 0 Å². The second-order valence-corrected chi connectivity index (χ2v) is 5.86. The van der Waals surface area contributed by atoms with Gasteiger partial charge >= 0.3 is 6.18 Å². The van der Waals surface area contributed by atoms with Crippen LogP contribution >= 0.6 is 12.4 Å². The predicted molar refractivity (Wildman–Crippen MR) is 86.4 cm³/mol. The fourth-order valence-electron chi connectivity index (χ4n) is 1.82. The fraction of sp³-hybridized carbons (Fsp3) is 0.333. The highest BCUT2D eigenvalue weighted by Crippen LogP contribution is 2.27. The number of rotatable bonds is 4. The summed E-state index contributed by atoms with van der Waals surface area (Å²) in [6.07, 6.45) is -3.31. The summed E-state index contributed by atoms with van der Waals surface area (Å²) in [7, 11) is 0. The number of hydrogen-bond donors (Lipinski definition) is 2. The zero-order valence-electron chi connectivity index (χ0n) is 13.1. The van der Waals surface area contributed by atoms with Gasteiger partial charge in [0.15, 0.2) is 5.69 Å². The van der Waals surface area contributed by atoms with Gasteiger partial charge in [0.2, 0.25) is 0 Å². The van der Waals surface area contributed by atoms with Gasteiger partial charge in [0.1, 0.15) is 0 Å². The van der Waals surface area contributed by atoms with E-state index in [0.717, 1.165) is 10.7 Å². The molecular formula is C15H18ClF3N4O. The van der Waals surface area contributed by atoms with Crippen molar-refractivity contribution < 1.29 is 18.0 Å². The molecule has 3 N–H and O–H groups in total. The molecule has 2 rings (SSSR count). The van der Waals surface area contributed by atoms with Gasteiger partial charge in [-0.25, -0.2) is 4.68 Å². The third-order valence-corrected chi connectivity index (χ3v) is 2.96. The van der Waals surface area contributed by atoms with E-state index in [1.807, 2.05) is 0 Å². The number of amides is 1. The van der Waals surface area contributed by atoms with E-state index in [0.29, 0.717) is 11.3 Å². The van der Waals surface area contributed by atoms with Crippen LogP contribution in [-0.4, -0.2) is 27.8 Å². The van der Waals surface area contributed by atoms with Gasteiger partial charge in [0, 0.05) is 23.8 Å². The van der Waals surface area contributed by atoms with Crippen LogP contribution in [0.4, 0.5) is 13.2 Å². The first kappa shape index (κ1) is 20.0. The second-order valence-electron chi connectivity index (χ2n) is 5.86. The molecule has 1 amide bonds. The Kier molecular flexibility index (Phi) is 6.02. The zero-order valence-corrected chi connectivity index (χ0v) is 13.9. The average molecular weight is 363 g/mol. The zero-order chi connectivity index (χ0) is 17.3. The Hall–Kier alpha value is -2.06. The topological polar surface area (TPSA) is 72.9 Å². The molecular weight excluding hydrogens is 345 g/mol. The van der Waals surface area contributed by atoms with Gasteiger partial charge in [0.25, 0.3) is 5.91 Å². The number of nitrogens with two attached hydrogens (primary N) is 1. The third kappa shape index (κ3) is 5.24. The number of alkyl halides is 3. The van der Waals surface area contributed by atoms with Crippen LogP contribution in [0, 0.1) is 0 Å². The molecule has 0 saturated carbocycles. The first-order chi connectivity index (χ1) is 10.6. The van der Waals surface area contributed by atoms with Crippen LogP contribution in [0.1, 0.15) is 29.9 Å². The third-order valence-electron chi connectivity index (χ3n) is 2.96. The fourth-order valence-corrected chi connectivity index (χ4v) is 1.82. The number of aromatic nitrogens is 2. The van der Waals surface area contributed by atoms with Crippen molar-refractivity contribution in [2.45, 2.75) is 25.6 Å². The van der Waals surface area contributed by atoms with E-state index in [1.165, 1.54) is 12.3 Å². The van der Waals surface area contributed by atoms with Crippen LogP contribution < -0.4 is 11.1 Å². The van der Waals surface area contributed by atoms with Gasteiger partial charge in [-0.15, -0.1) is 12.4 Å². The van der Waals surface area contributed by atoms with E-state index in [1.54, 1.807) is 32.0 Å². The minimum absolute atomic E-state index is 0. The molecule has 0 bridgehead atoms. The Morgan fingerprint density at radius 1 is 1.29 bits per heavy atom. The van der Waals surface area contributed by atoms with Crippen LogP contribution in [0.5, 0.6) is 0 Å². The normalized spacial score (nSPS) is 11.8. The van der Waals surface area contributed by atoms with E-state index in [9.17, 15) is 18.0 Å². The van der Waals surface area contributed by atoms with Gasteiger partial charge in [-0.05, 0) is 38.1 Å². The van der Waals surface area contributed by atoms with Crippen molar-refractivity contribution in [2.75, 3.05) is 6.54 Å². The minimum Gasteiger partial charge on any atom is -0.350 e. The molecule has 132 valence electrons. The van der Waals surface area contributed by atoms with Crippen molar-refractivity contribution >= 4 is 18.3 Å². The van der Waals surface area contributed by atoms with Crippen LogP contribution in [-0.2, 0) is 6.18 Å². The first-order valence-electron chi connectivity index (χ1n) is 6.87. The summed E-state index contributed by atoms with van der Waals surface area (Å²) in [6, 6.07) is 7.05. The lowest BCUT2D eigenvalue weighted by Gasteiger charge is -2.19. The maximum atomic E-state index is 12.6. The molecule has 9 heteroatoms. The van der Waals surface area contributed by atoms with E-state index >= 15 is 0 Å². The van der Waals surface area contributed by atoms with Crippen molar-refractivity contribution in [2.24, 2.45) is 5.73 Å². The molecule has 2 aromatic rings. The lowest BCUT2D eigenvalue weighted by atomic mass is 10.1. The molecule has 24 heavy (non-hydrogen) atoms. The van der Waals surface area contributed by atoms with E-state index in [2.05, 4.69) is 10.4 Å². The summed E-state index contributed by atoms with van der Waals surface area (Å²) >= 11 is 0. The number of carbonyl (C=O) groups excluding carboxylic acids is 1. The molecule has 0 fully saturated rings. The largest absolute Gasteiger partial charge is 0.435 e. The molecule has 1 heterocycles. The molecule has 0 spiro atoms. The smallest absolute Gasteiger partial charge is 0.350 e. The van der Waals surface area contributed by atoms with Crippen LogP contribution in [0.2, 0.25) is 0 Å².